The van der Waals surface area contributed by atoms with Crippen molar-refractivity contribution in [2.45, 2.75) is 6.42 Å². The number of aldehydes is 1. The summed E-state index contributed by atoms with van der Waals surface area (Å²) in [6, 6.07) is 8.78. The first-order valence-corrected chi connectivity index (χ1v) is 7.07. The molecular formula is C18H12FNO4. The van der Waals surface area contributed by atoms with Gasteiger partial charge in [0.2, 0.25) is 0 Å². The van der Waals surface area contributed by atoms with Gasteiger partial charge in [-0.25, -0.2) is 9.18 Å². The number of carboxylic acid groups (broad SMARTS) is 1. The summed E-state index contributed by atoms with van der Waals surface area (Å²) in [6.07, 6.45) is 2.48. The Bertz CT molecular complexity index is 951. The van der Waals surface area contributed by atoms with Gasteiger partial charge in [0.15, 0.2) is 12.0 Å². The number of carboxylic acids is 1. The summed E-state index contributed by atoms with van der Waals surface area (Å²) in [7, 11) is 0. The minimum Gasteiger partial charge on any atom is -0.505 e. The molecule has 6 heteroatoms. The van der Waals surface area contributed by atoms with Crippen molar-refractivity contribution in [3.8, 4) is 5.75 Å². The zero-order valence-corrected chi connectivity index (χ0v) is 12.4. The van der Waals surface area contributed by atoms with Gasteiger partial charge in [0, 0.05) is 17.1 Å². The predicted octanol–water partition coefficient (Wildman–Crippen LogP) is 3.18. The van der Waals surface area contributed by atoms with Crippen LogP contribution in [0.3, 0.4) is 0 Å². The number of carbonyl (C=O) groups is 2. The molecule has 2 aromatic carbocycles. The molecule has 0 spiro atoms. The molecule has 0 saturated carbocycles. The van der Waals surface area contributed by atoms with E-state index in [2.05, 4.69) is 4.98 Å². The molecule has 120 valence electrons. The van der Waals surface area contributed by atoms with Crippen molar-refractivity contribution in [2.75, 3.05) is 0 Å². The Morgan fingerprint density at radius 1 is 1.17 bits per heavy atom. The molecule has 0 saturated heterocycles. The first-order chi connectivity index (χ1) is 11.5. The molecule has 24 heavy (non-hydrogen) atoms. The molecule has 1 heterocycles. The summed E-state index contributed by atoms with van der Waals surface area (Å²) in [5.41, 5.74) is 1.42. The van der Waals surface area contributed by atoms with E-state index in [1.165, 1.54) is 18.3 Å². The van der Waals surface area contributed by atoms with Crippen LogP contribution in [-0.4, -0.2) is 27.5 Å². The SMILES string of the molecule is O=Cc1cc(C(=O)O)c(O)c2ncc(Cc3ccc(F)cc3)cc12. The number of aromatic carboxylic acids is 1. The number of fused-ring (bicyclic) bond motifs is 1. The van der Waals surface area contributed by atoms with Gasteiger partial charge < -0.3 is 10.2 Å². The molecule has 0 fully saturated rings. The molecule has 3 rings (SSSR count). The highest BCUT2D eigenvalue weighted by Crippen LogP contribution is 2.30. The van der Waals surface area contributed by atoms with E-state index in [-0.39, 0.29) is 22.5 Å². The lowest BCUT2D eigenvalue weighted by molar-refractivity contribution is 0.0694. The van der Waals surface area contributed by atoms with Crippen LogP contribution in [0.5, 0.6) is 5.75 Å². The maximum Gasteiger partial charge on any atom is 0.339 e. The van der Waals surface area contributed by atoms with Gasteiger partial charge in [-0.05, 0) is 41.8 Å². The van der Waals surface area contributed by atoms with Crippen LogP contribution in [0, 0.1) is 5.82 Å². The average molecular weight is 325 g/mol. The van der Waals surface area contributed by atoms with E-state index in [9.17, 15) is 19.1 Å². The molecule has 0 amide bonds. The summed E-state index contributed by atoms with van der Waals surface area (Å²) in [6.45, 7) is 0. The molecule has 1 aromatic heterocycles. The van der Waals surface area contributed by atoms with E-state index in [0.717, 1.165) is 17.2 Å². The van der Waals surface area contributed by atoms with Crippen LogP contribution in [0.25, 0.3) is 10.9 Å². The lowest BCUT2D eigenvalue weighted by atomic mass is 10.00. The first-order valence-electron chi connectivity index (χ1n) is 7.07. The second kappa shape index (κ2) is 6.08. The van der Waals surface area contributed by atoms with Gasteiger partial charge in [-0.1, -0.05) is 12.1 Å². The molecule has 3 aromatic rings. The van der Waals surface area contributed by atoms with Crippen LogP contribution in [0.4, 0.5) is 4.39 Å². The Kier molecular flexibility index (Phi) is 3.95. The third-order valence-corrected chi connectivity index (χ3v) is 3.71. The third kappa shape index (κ3) is 2.81. The zero-order valence-electron chi connectivity index (χ0n) is 12.4. The van der Waals surface area contributed by atoms with Gasteiger partial charge in [-0.2, -0.15) is 0 Å². The Hall–Kier alpha value is -3.28. The molecular weight excluding hydrogens is 313 g/mol. The summed E-state index contributed by atoms with van der Waals surface area (Å²) in [5.74, 6) is -2.14. The number of nitrogens with zero attached hydrogens (tertiary/aromatic N) is 1. The minimum atomic E-state index is -1.34. The highest BCUT2D eigenvalue weighted by molar-refractivity contribution is 6.06. The van der Waals surface area contributed by atoms with Gasteiger partial charge >= 0.3 is 5.97 Å². The Balaban J connectivity index is 2.10. The Labute approximate surface area is 136 Å². The number of halogens is 1. The second-order valence-corrected chi connectivity index (χ2v) is 5.33. The molecule has 0 bridgehead atoms. The van der Waals surface area contributed by atoms with E-state index >= 15 is 0 Å². The number of benzene rings is 2. The molecule has 2 N–H and O–H groups in total. The number of pyridine rings is 1. The number of aromatic hydroxyl groups is 1. The van der Waals surface area contributed by atoms with Crippen LogP contribution in [0.2, 0.25) is 0 Å². The highest BCUT2D eigenvalue weighted by atomic mass is 19.1. The van der Waals surface area contributed by atoms with Crippen molar-refractivity contribution in [1.29, 1.82) is 0 Å². The lowest BCUT2D eigenvalue weighted by Crippen LogP contribution is -2.01. The number of aromatic nitrogens is 1. The van der Waals surface area contributed by atoms with Crippen LogP contribution in [0.1, 0.15) is 31.8 Å². The van der Waals surface area contributed by atoms with Gasteiger partial charge in [0.1, 0.15) is 16.9 Å². The number of hydrogen-bond acceptors (Lipinski definition) is 4. The van der Waals surface area contributed by atoms with Gasteiger partial charge in [0.05, 0.1) is 0 Å². The number of carbonyl (C=O) groups excluding carboxylic acids is 1. The molecule has 5 nitrogen and oxygen atoms in total. The van der Waals surface area contributed by atoms with E-state index in [1.54, 1.807) is 18.2 Å². The fraction of sp³-hybridized carbons (Fsp3) is 0.0556. The van der Waals surface area contributed by atoms with Gasteiger partial charge in [-0.3, -0.25) is 9.78 Å². The normalized spacial score (nSPS) is 10.7. The fourth-order valence-electron chi connectivity index (χ4n) is 2.54. The lowest BCUT2D eigenvalue weighted by Gasteiger charge is -2.09. The van der Waals surface area contributed by atoms with E-state index in [1.807, 2.05) is 0 Å². The Morgan fingerprint density at radius 3 is 2.50 bits per heavy atom. The smallest absolute Gasteiger partial charge is 0.339 e. The summed E-state index contributed by atoms with van der Waals surface area (Å²) < 4.78 is 13.0. The summed E-state index contributed by atoms with van der Waals surface area (Å²) >= 11 is 0. The maximum atomic E-state index is 13.0. The van der Waals surface area contributed by atoms with Crippen molar-refractivity contribution < 1.29 is 24.2 Å². The van der Waals surface area contributed by atoms with E-state index in [0.29, 0.717) is 18.1 Å². The largest absolute Gasteiger partial charge is 0.505 e. The topological polar surface area (TPSA) is 87.5 Å². The number of hydrogen-bond donors (Lipinski definition) is 2. The van der Waals surface area contributed by atoms with Crippen molar-refractivity contribution in [2.24, 2.45) is 0 Å². The zero-order chi connectivity index (χ0) is 17.3. The van der Waals surface area contributed by atoms with Crippen LogP contribution < -0.4 is 0 Å². The third-order valence-electron chi connectivity index (χ3n) is 3.71. The molecule has 0 atom stereocenters. The summed E-state index contributed by atoms with van der Waals surface area (Å²) in [5, 5.41) is 19.5. The van der Waals surface area contributed by atoms with Gasteiger partial charge in [-0.15, -0.1) is 0 Å². The molecule has 0 aliphatic rings. The van der Waals surface area contributed by atoms with Crippen molar-refractivity contribution in [1.82, 2.24) is 4.98 Å². The molecule has 0 aliphatic heterocycles. The summed E-state index contributed by atoms with van der Waals surface area (Å²) in [4.78, 5) is 26.5. The standard InChI is InChI=1S/C18H12FNO4/c19-13-3-1-10(2-4-13)5-11-6-14-12(9-21)7-15(18(23)24)17(22)16(14)20-8-11/h1-4,6-9,22H,5H2,(H,23,24). The fourth-order valence-corrected chi connectivity index (χ4v) is 2.54. The average Bonchev–Trinajstić information content (AvgIpc) is 2.57. The highest BCUT2D eigenvalue weighted by Gasteiger charge is 2.17. The Morgan fingerprint density at radius 2 is 1.88 bits per heavy atom. The van der Waals surface area contributed by atoms with Crippen LogP contribution in [0.15, 0.2) is 42.6 Å². The molecule has 0 radical (unpaired) electrons. The first kappa shape index (κ1) is 15.6. The molecule has 0 aliphatic carbocycles. The maximum absolute atomic E-state index is 13.0. The molecule has 0 unspecified atom stereocenters. The van der Waals surface area contributed by atoms with Gasteiger partial charge in [0.25, 0.3) is 0 Å². The second-order valence-electron chi connectivity index (χ2n) is 5.33. The monoisotopic (exact) mass is 325 g/mol. The number of rotatable bonds is 4. The van der Waals surface area contributed by atoms with Crippen LogP contribution in [-0.2, 0) is 6.42 Å². The quantitative estimate of drug-likeness (QED) is 0.719. The van der Waals surface area contributed by atoms with Crippen molar-refractivity contribution >= 4 is 23.2 Å². The van der Waals surface area contributed by atoms with Crippen molar-refractivity contribution in [3.05, 3.63) is 70.7 Å². The van der Waals surface area contributed by atoms with Crippen LogP contribution >= 0.6 is 0 Å². The predicted molar refractivity (Wildman–Crippen MR) is 85.0 cm³/mol. The van der Waals surface area contributed by atoms with E-state index < -0.39 is 11.7 Å². The van der Waals surface area contributed by atoms with Crippen molar-refractivity contribution in [3.63, 3.8) is 0 Å². The minimum absolute atomic E-state index is 0.0554. The van der Waals surface area contributed by atoms with E-state index in [4.69, 9.17) is 5.11 Å². The number of phenols is 1.